The summed E-state index contributed by atoms with van der Waals surface area (Å²) >= 11 is 0. The predicted octanol–water partition coefficient (Wildman–Crippen LogP) is 2.88. The third-order valence-electron chi connectivity index (χ3n) is 3.38. The average molecular weight is 184 g/mol. The summed E-state index contributed by atoms with van der Waals surface area (Å²) < 4.78 is 11.8. The van der Waals surface area contributed by atoms with E-state index in [1.165, 1.54) is 0 Å². The standard InChI is InChI=1S/C10H21BO2/c1-7-8(2)11-12-9(3,4)10(5,6)13-11/h8H,7H2,1-6H3. The van der Waals surface area contributed by atoms with Crippen LogP contribution in [0.25, 0.3) is 0 Å². The molecule has 0 amide bonds. The van der Waals surface area contributed by atoms with Crippen LogP contribution in [-0.2, 0) is 9.31 Å². The van der Waals surface area contributed by atoms with Crippen LogP contribution in [0.4, 0.5) is 0 Å². The van der Waals surface area contributed by atoms with E-state index < -0.39 is 0 Å². The fraction of sp³-hybridized carbons (Fsp3) is 1.00. The first kappa shape index (κ1) is 11.1. The highest BCUT2D eigenvalue weighted by molar-refractivity contribution is 6.47. The van der Waals surface area contributed by atoms with Gasteiger partial charge in [0.2, 0.25) is 0 Å². The summed E-state index contributed by atoms with van der Waals surface area (Å²) in [6, 6.07) is 0. The van der Waals surface area contributed by atoms with E-state index in [4.69, 9.17) is 9.31 Å². The summed E-state index contributed by atoms with van der Waals surface area (Å²) in [5.41, 5.74) is -0.359. The highest BCUT2D eigenvalue weighted by Gasteiger charge is 2.52. The van der Waals surface area contributed by atoms with Crippen LogP contribution in [0, 0.1) is 0 Å². The second-order valence-corrected chi connectivity index (χ2v) is 5.01. The van der Waals surface area contributed by atoms with E-state index in [0.29, 0.717) is 5.82 Å². The average Bonchev–Trinajstić information content (AvgIpc) is 2.20. The summed E-state index contributed by atoms with van der Waals surface area (Å²) in [6.07, 6.45) is 1.09. The molecule has 1 saturated heterocycles. The second-order valence-electron chi connectivity index (χ2n) is 5.01. The van der Waals surface area contributed by atoms with Crippen molar-refractivity contribution in [2.75, 3.05) is 0 Å². The van der Waals surface area contributed by atoms with Gasteiger partial charge in [0.1, 0.15) is 0 Å². The van der Waals surface area contributed by atoms with Crippen molar-refractivity contribution in [1.82, 2.24) is 0 Å². The van der Waals surface area contributed by atoms with Crippen LogP contribution in [0.2, 0.25) is 5.82 Å². The fourth-order valence-electron chi connectivity index (χ4n) is 1.31. The van der Waals surface area contributed by atoms with Crippen molar-refractivity contribution in [3.63, 3.8) is 0 Å². The summed E-state index contributed by atoms with van der Waals surface area (Å²) in [5.74, 6) is 0.473. The Morgan fingerprint density at radius 2 is 1.46 bits per heavy atom. The van der Waals surface area contributed by atoms with Crippen molar-refractivity contribution >= 4 is 7.12 Å². The molecule has 1 fully saturated rings. The molecule has 1 unspecified atom stereocenters. The van der Waals surface area contributed by atoms with Gasteiger partial charge in [0, 0.05) is 0 Å². The minimum Gasteiger partial charge on any atom is -0.403 e. The summed E-state index contributed by atoms with van der Waals surface area (Å²) in [5, 5.41) is 0. The van der Waals surface area contributed by atoms with E-state index in [2.05, 4.69) is 41.5 Å². The van der Waals surface area contributed by atoms with Gasteiger partial charge in [0.05, 0.1) is 11.2 Å². The van der Waals surface area contributed by atoms with Crippen molar-refractivity contribution in [2.45, 2.75) is 65.0 Å². The number of rotatable bonds is 2. The van der Waals surface area contributed by atoms with Gasteiger partial charge in [-0.25, -0.2) is 0 Å². The third kappa shape index (κ3) is 1.91. The largest absolute Gasteiger partial charge is 0.460 e. The Bertz CT molecular complexity index is 173. The lowest BCUT2D eigenvalue weighted by atomic mass is 9.72. The van der Waals surface area contributed by atoms with Gasteiger partial charge in [-0.2, -0.15) is 0 Å². The minimum atomic E-state index is -0.179. The molecule has 0 aliphatic carbocycles. The van der Waals surface area contributed by atoms with E-state index >= 15 is 0 Å². The third-order valence-corrected chi connectivity index (χ3v) is 3.38. The topological polar surface area (TPSA) is 18.5 Å². The van der Waals surface area contributed by atoms with Gasteiger partial charge in [0.25, 0.3) is 0 Å². The van der Waals surface area contributed by atoms with Gasteiger partial charge in [0.15, 0.2) is 0 Å². The second kappa shape index (κ2) is 3.28. The molecule has 76 valence electrons. The first-order valence-electron chi connectivity index (χ1n) is 5.16. The van der Waals surface area contributed by atoms with Gasteiger partial charge < -0.3 is 9.31 Å². The Morgan fingerprint density at radius 1 is 1.08 bits per heavy atom. The zero-order valence-electron chi connectivity index (χ0n) is 9.68. The Hall–Kier alpha value is -0.0151. The summed E-state index contributed by atoms with van der Waals surface area (Å²) in [4.78, 5) is 0. The van der Waals surface area contributed by atoms with Crippen LogP contribution in [0.1, 0.15) is 48.0 Å². The van der Waals surface area contributed by atoms with Crippen LogP contribution >= 0.6 is 0 Å². The molecular formula is C10H21BO2. The van der Waals surface area contributed by atoms with E-state index in [1.54, 1.807) is 0 Å². The van der Waals surface area contributed by atoms with Crippen molar-refractivity contribution < 1.29 is 9.31 Å². The Labute approximate surface area is 82.1 Å². The molecule has 1 rings (SSSR count). The normalized spacial score (nSPS) is 27.7. The van der Waals surface area contributed by atoms with Crippen molar-refractivity contribution in [3.8, 4) is 0 Å². The molecule has 1 atom stereocenters. The Balaban J connectivity index is 2.70. The molecule has 0 spiro atoms. The zero-order valence-corrected chi connectivity index (χ0v) is 9.68. The molecule has 1 aliphatic heterocycles. The van der Waals surface area contributed by atoms with Crippen molar-refractivity contribution in [1.29, 1.82) is 0 Å². The molecule has 1 heterocycles. The van der Waals surface area contributed by atoms with E-state index in [1.807, 2.05) is 0 Å². The molecule has 1 aliphatic rings. The number of hydrogen-bond donors (Lipinski definition) is 0. The Morgan fingerprint density at radius 3 is 1.77 bits per heavy atom. The maximum Gasteiger partial charge on any atom is 0.460 e. The lowest BCUT2D eigenvalue weighted by molar-refractivity contribution is 0.00578. The van der Waals surface area contributed by atoms with Gasteiger partial charge in [-0.3, -0.25) is 0 Å². The molecule has 3 heteroatoms. The predicted molar refractivity (Wildman–Crippen MR) is 55.8 cm³/mol. The van der Waals surface area contributed by atoms with E-state index in [0.717, 1.165) is 6.42 Å². The minimum absolute atomic E-state index is 0.0324. The molecule has 0 radical (unpaired) electrons. The monoisotopic (exact) mass is 184 g/mol. The molecule has 0 aromatic rings. The quantitative estimate of drug-likeness (QED) is 0.614. The van der Waals surface area contributed by atoms with Crippen LogP contribution in [0.5, 0.6) is 0 Å². The van der Waals surface area contributed by atoms with Crippen LogP contribution in [-0.4, -0.2) is 18.3 Å². The van der Waals surface area contributed by atoms with Gasteiger partial charge >= 0.3 is 7.12 Å². The SMILES string of the molecule is CCC(C)B1OC(C)(C)C(C)(C)O1. The van der Waals surface area contributed by atoms with E-state index in [9.17, 15) is 0 Å². The molecule has 0 saturated carbocycles. The van der Waals surface area contributed by atoms with Gasteiger partial charge in [-0.1, -0.05) is 20.3 Å². The first-order valence-corrected chi connectivity index (χ1v) is 5.16. The van der Waals surface area contributed by atoms with Crippen molar-refractivity contribution in [2.24, 2.45) is 0 Å². The number of hydrogen-bond acceptors (Lipinski definition) is 2. The van der Waals surface area contributed by atoms with Crippen molar-refractivity contribution in [3.05, 3.63) is 0 Å². The molecule has 0 N–H and O–H groups in total. The van der Waals surface area contributed by atoms with Crippen LogP contribution < -0.4 is 0 Å². The maximum absolute atomic E-state index is 5.89. The summed E-state index contributed by atoms with van der Waals surface area (Å²) in [7, 11) is -0.0324. The smallest absolute Gasteiger partial charge is 0.403 e. The lowest BCUT2D eigenvalue weighted by Crippen LogP contribution is -2.41. The molecular weight excluding hydrogens is 163 g/mol. The van der Waals surface area contributed by atoms with Crippen LogP contribution in [0.3, 0.4) is 0 Å². The van der Waals surface area contributed by atoms with Gasteiger partial charge in [-0.15, -0.1) is 0 Å². The van der Waals surface area contributed by atoms with Gasteiger partial charge in [-0.05, 0) is 33.5 Å². The maximum atomic E-state index is 5.89. The molecule has 0 aromatic carbocycles. The first-order chi connectivity index (χ1) is 5.80. The fourth-order valence-corrected chi connectivity index (χ4v) is 1.31. The molecule has 0 bridgehead atoms. The Kier molecular flexibility index (Phi) is 2.79. The molecule has 0 aromatic heterocycles. The lowest BCUT2D eigenvalue weighted by Gasteiger charge is -2.32. The highest BCUT2D eigenvalue weighted by Crippen LogP contribution is 2.40. The highest BCUT2D eigenvalue weighted by atomic mass is 16.7. The molecule has 13 heavy (non-hydrogen) atoms. The van der Waals surface area contributed by atoms with Crippen LogP contribution in [0.15, 0.2) is 0 Å². The zero-order chi connectivity index (χ0) is 10.3. The van der Waals surface area contributed by atoms with E-state index in [-0.39, 0.29) is 18.3 Å². The summed E-state index contributed by atoms with van der Waals surface area (Å²) in [6.45, 7) is 12.7. The molecule has 2 nitrogen and oxygen atoms in total.